The third-order valence-electron chi connectivity index (χ3n) is 2.37. The van der Waals surface area contributed by atoms with Gasteiger partial charge in [-0.1, -0.05) is 39.5 Å². The van der Waals surface area contributed by atoms with Crippen molar-refractivity contribution >= 4 is 11.9 Å². The first-order chi connectivity index (χ1) is 8.36. The van der Waals surface area contributed by atoms with Gasteiger partial charge in [-0.15, -0.1) is 0 Å². The molecule has 0 aliphatic heterocycles. The molecule has 0 aliphatic carbocycles. The predicted molar refractivity (Wildman–Crippen MR) is 70.3 cm³/mol. The smallest absolute Gasteiger partial charge is 0.320 e. The van der Waals surface area contributed by atoms with E-state index >= 15 is 0 Å². The lowest BCUT2D eigenvalue weighted by Crippen LogP contribution is -2.29. The molecule has 0 unspecified atom stereocenters. The van der Waals surface area contributed by atoms with E-state index in [1.807, 2.05) is 13.8 Å². The molecule has 0 fully saturated rings. The summed E-state index contributed by atoms with van der Waals surface area (Å²) in [5, 5.41) is 16.6. The molecule has 0 rings (SSSR count). The van der Waals surface area contributed by atoms with E-state index in [1.54, 1.807) is 0 Å². The van der Waals surface area contributed by atoms with Crippen LogP contribution >= 0.6 is 0 Å². The van der Waals surface area contributed by atoms with Crippen molar-refractivity contribution in [1.82, 2.24) is 0 Å². The number of aliphatic carboxylic acids is 2. The Bertz CT molecular complexity index is 210. The number of carboxylic acid groups (broad SMARTS) is 2. The monoisotopic (exact) mass is 262 g/mol. The van der Waals surface area contributed by atoms with Crippen LogP contribution in [0, 0.1) is 0 Å². The maximum Gasteiger partial charge on any atom is 0.320 e. The Hall–Kier alpha value is -1.14. The predicted octanol–water partition coefficient (Wildman–Crippen LogP) is 1.18. The normalized spacial score (nSPS) is 13.1. The van der Waals surface area contributed by atoms with E-state index in [4.69, 9.17) is 21.7 Å². The SMILES string of the molecule is CCCC[C@H](N)C(=O)O.CCCC[C@H](N)C(=O)O. The molecule has 0 heterocycles. The van der Waals surface area contributed by atoms with Crippen molar-refractivity contribution in [2.75, 3.05) is 0 Å². The summed E-state index contributed by atoms with van der Waals surface area (Å²) in [5.41, 5.74) is 10.4. The lowest BCUT2D eigenvalue weighted by Gasteiger charge is -2.02. The van der Waals surface area contributed by atoms with Gasteiger partial charge in [0.15, 0.2) is 0 Å². The molecule has 18 heavy (non-hydrogen) atoms. The third-order valence-corrected chi connectivity index (χ3v) is 2.37. The fourth-order valence-electron chi connectivity index (χ4n) is 1.10. The van der Waals surface area contributed by atoms with E-state index < -0.39 is 24.0 Å². The van der Waals surface area contributed by atoms with Crippen LogP contribution in [0.4, 0.5) is 0 Å². The molecule has 6 heteroatoms. The van der Waals surface area contributed by atoms with Crippen molar-refractivity contribution < 1.29 is 19.8 Å². The number of carboxylic acids is 2. The van der Waals surface area contributed by atoms with E-state index in [-0.39, 0.29) is 0 Å². The molecule has 0 aromatic carbocycles. The summed E-state index contributed by atoms with van der Waals surface area (Å²) in [6.07, 6.45) is 4.97. The lowest BCUT2D eigenvalue weighted by atomic mass is 10.1. The summed E-state index contributed by atoms with van der Waals surface area (Å²) < 4.78 is 0. The summed E-state index contributed by atoms with van der Waals surface area (Å²) in [6.45, 7) is 4.02. The van der Waals surface area contributed by atoms with E-state index in [9.17, 15) is 9.59 Å². The molecule has 0 spiro atoms. The van der Waals surface area contributed by atoms with Crippen LogP contribution in [0.2, 0.25) is 0 Å². The lowest BCUT2D eigenvalue weighted by molar-refractivity contribution is -0.139. The molecule has 0 amide bonds. The first kappa shape index (κ1) is 19.2. The molecule has 6 nitrogen and oxygen atoms in total. The maximum absolute atomic E-state index is 10.1. The van der Waals surface area contributed by atoms with Crippen LogP contribution in [0.25, 0.3) is 0 Å². The van der Waals surface area contributed by atoms with Crippen molar-refractivity contribution in [3.8, 4) is 0 Å². The zero-order valence-corrected chi connectivity index (χ0v) is 11.3. The molecule has 2 atom stereocenters. The van der Waals surface area contributed by atoms with E-state index in [1.165, 1.54) is 0 Å². The van der Waals surface area contributed by atoms with Gasteiger partial charge in [-0.3, -0.25) is 9.59 Å². The largest absolute Gasteiger partial charge is 0.480 e. The molecule has 0 saturated carbocycles. The molecule has 0 aromatic rings. The van der Waals surface area contributed by atoms with Crippen LogP contribution in [-0.2, 0) is 9.59 Å². The van der Waals surface area contributed by atoms with E-state index in [2.05, 4.69) is 0 Å². The van der Waals surface area contributed by atoms with Gasteiger partial charge >= 0.3 is 11.9 Å². The molecule has 108 valence electrons. The standard InChI is InChI=1S/2C6H13NO2/c2*1-2-3-4-5(7)6(8)9/h2*5H,2-4,7H2,1H3,(H,8,9)/t2*5-/m00/s1. The third kappa shape index (κ3) is 12.9. The van der Waals surface area contributed by atoms with Crippen LogP contribution in [0.5, 0.6) is 0 Å². The van der Waals surface area contributed by atoms with Crippen molar-refractivity contribution in [3.63, 3.8) is 0 Å². The summed E-state index contributed by atoms with van der Waals surface area (Å²) >= 11 is 0. The van der Waals surface area contributed by atoms with E-state index in [0.717, 1.165) is 25.7 Å². The second-order valence-electron chi connectivity index (χ2n) is 4.17. The summed E-state index contributed by atoms with van der Waals surface area (Å²) in [7, 11) is 0. The minimum atomic E-state index is -0.900. The summed E-state index contributed by atoms with van der Waals surface area (Å²) in [4.78, 5) is 20.2. The van der Waals surface area contributed by atoms with Gasteiger partial charge in [0, 0.05) is 0 Å². The van der Waals surface area contributed by atoms with Gasteiger partial charge in [0.25, 0.3) is 0 Å². The highest BCUT2D eigenvalue weighted by Crippen LogP contribution is 1.97. The number of rotatable bonds is 8. The zero-order chi connectivity index (χ0) is 14.6. The number of hydrogen-bond donors (Lipinski definition) is 4. The fraction of sp³-hybridized carbons (Fsp3) is 0.833. The van der Waals surface area contributed by atoms with Crippen molar-refractivity contribution in [1.29, 1.82) is 0 Å². The Morgan fingerprint density at radius 3 is 1.33 bits per heavy atom. The minimum Gasteiger partial charge on any atom is -0.480 e. The first-order valence-electron chi connectivity index (χ1n) is 6.33. The number of carbonyl (C=O) groups is 2. The van der Waals surface area contributed by atoms with Crippen molar-refractivity contribution in [3.05, 3.63) is 0 Å². The number of hydrogen-bond acceptors (Lipinski definition) is 4. The van der Waals surface area contributed by atoms with Gasteiger partial charge in [0.05, 0.1) is 0 Å². The molecule has 0 aromatic heterocycles. The Labute approximate surface area is 108 Å². The van der Waals surface area contributed by atoms with Crippen LogP contribution in [-0.4, -0.2) is 34.2 Å². The molecule has 0 bridgehead atoms. The first-order valence-corrected chi connectivity index (χ1v) is 6.33. The van der Waals surface area contributed by atoms with Crippen LogP contribution < -0.4 is 11.5 Å². The Balaban J connectivity index is 0. The quantitative estimate of drug-likeness (QED) is 0.520. The van der Waals surface area contributed by atoms with Gasteiger partial charge in [-0.25, -0.2) is 0 Å². The summed E-state index contributed by atoms with van der Waals surface area (Å²) in [6, 6.07) is -1.32. The van der Waals surface area contributed by atoms with Crippen LogP contribution in [0.15, 0.2) is 0 Å². The Morgan fingerprint density at radius 2 is 1.17 bits per heavy atom. The van der Waals surface area contributed by atoms with E-state index in [0.29, 0.717) is 12.8 Å². The van der Waals surface area contributed by atoms with Gasteiger partial charge in [0.2, 0.25) is 0 Å². The second-order valence-corrected chi connectivity index (χ2v) is 4.17. The highest BCUT2D eigenvalue weighted by atomic mass is 16.4. The Kier molecular flexibility index (Phi) is 13.1. The topological polar surface area (TPSA) is 127 Å². The molecule has 6 N–H and O–H groups in total. The van der Waals surface area contributed by atoms with Gasteiger partial charge in [-0.05, 0) is 12.8 Å². The molecular formula is C12H26N2O4. The van der Waals surface area contributed by atoms with Crippen molar-refractivity contribution in [2.24, 2.45) is 11.5 Å². The van der Waals surface area contributed by atoms with Gasteiger partial charge < -0.3 is 21.7 Å². The zero-order valence-electron chi connectivity index (χ0n) is 11.3. The average Bonchev–Trinajstić information content (AvgIpc) is 2.33. The Morgan fingerprint density at radius 1 is 0.889 bits per heavy atom. The fourth-order valence-corrected chi connectivity index (χ4v) is 1.10. The highest BCUT2D eigenvalue weighted by Gasteiger charge is 2.09. The highest BCUT2D eigenvalue weighted by molar-refractivity contribution is 5.73. The number of nitrogens with two attached hydrogens (primary N) is 2. The summed E-state index contributed by atoms with van der Waals surface area (Å²) in [5.74, 6) is -1.80. The number of unbranched alkanes of at least 4 members (excludes halogenated alkanes) is 2. The van der Waals surface area contributed by atoms with Gasteiger partial charge in [0.1, 0.15) is 12.1 Å². The second kappa shape index (κ2) is 12.3. The van der Waals surface area contributed by atoms with Gasteiger partial charge in [-0.2, -0.15) is 0 Å². The maximum atomic E-state index is 10.1. The molecule has 0 radical (unpaired) electrons. The van der Waals surface area contributed by atoms with Crippen molar-refractivity contribution in [2.45, 2.75) is 64.5 Å². The molecule has 0 saturated heterocycles. The molecular weight excluding hydrogens is 236 g/mol. The molecule has 0 aliphatic rings. The van der Waals surface area contributed by atoms with Crippen LogP contribution in [0.3, 0.4) is 0 Å². The average molecular weight is 262 g/mol. The minimum absolute atomic E-state index is 0.589. The van der Waals surface area contributed by atoms with Crippen LogP contribution in [0.1, 0.15) is 52.4 Å².